The summed E-state index contributed by atoms with van der Waals surface area (Å²) in [7, 11) is 0. The highest BCUT2D eigenvalue weighted by atomic mass is 16.5. The quantitative estimate of drug-likeness (QED) is 0.711. The van der Waals surface area contributed by atoms with E-state index in [0.29, 0.717) is 38.8 Å². The number of nitrogens with one attached hydrogen (secondary N) is 1. The van der Waals surface area contributed by atoms with Gasteiger partial charge < -0.3 is 20.7 Å². The van der Waals surface area contributed by atoms with Crippen molar-refractivity contribution >= 4 is 11.8 Å². The molecule has 1 aliphatic heterocycles. The standard InChI is InChI=1S/C14H25N3O3/c1-2-10(8-15)7-13(18)17-5-6-20-9-12(17)14(19)16-11-3-4-11/h10-12H,2-9,15H2,1H3,(H,16,19). The normalized spacial score (nSPS) is 24.3. The first-order chi connectivity index (χ1) is 9.65. The molecule has 2 aliphatic rings. The molecule has 2 unspecified atom stereocenters. The molecule has 0 bridgehead atoms. The summed E-state index contributed by atoms with van der Waals surface area (Å²) in [6.07, 6.45) is 3.38. The zero-order valence-electron chi connectivity index (χ0n) is 12.1. The second-order valence-corrected chi connectivity index (χ2v) is 5.67. The molecule has 6 nitrogen and oxygen atoms in total. The molecule has 0 aromatic carbocycles. The zero-order valence-corrected chi connectivity index (χ0v) is 12.1. The molecule has 1 aliphatic carbocycles. The minimum atomic E-state index is -0.480. The van der Waals surface area contributed by atoms with Gasteiger partial charge in [0.05, 0.1) is 13.2 Å². The summed E-state index contributed by atoms with van der Waals surface area (Å²) in [6, 6.07) is -0.180. The van der Waals surface area contributed by atoms with Crippen molar-refractivity contribution in [1.82, 2.24) is 10.2 Å². The van der Waals surface area contributed by atoms with E-state index in [4.69, 9.17) is 10.5 Å². The third-order valence-electron chi connectivity index (χ3n) is 4.05. The molecule has 2 fully saturated rings. The van der Waals surface area contributed by atoms with Gasteiger partial charge in [0.15, 0.2) is 0 Å². The van der Waals surface area contributed by atoms with Gasteiger partial charge in [0.1, 0.15) is 6.04 Å². The molecule has 6 heteroatoms. The molecule has 114 valence electrons. The highest BCUT2D eigenvalue weighted by Gasteiger charge is 2.35. The number of nitrogens with two attached hydrogens (primary N) is 1. The summed E-state index contributed by atoms with van der Waals surface area (Å²) in [5.74, 6) is 0.125. The van der Waals surface area contributed by atoms with Crippen LogP contribution in [-0.2, 0) is 14.3 Å². The largest absolute Gasteiger partial charge is 0.377 e. The van der Waals surface area contributed by atoms with Crippen LogP contribution in [0.4, 0.5) is 0 Å². The number of amides is 2. The third kappa shape index (κ3) is 3.93. The first-order valence-corrected chi connectivity index (χ1v) is 7.53. The number of carbonyl (C=O) groups is 2. The van der Waals surface area contributed by atoms with Gasteiger partial charge in [-0.1, -0.05) is 13.3 Å². The molecule has 0 spiro atoms. The Morgan fingerprint density at radius 3 is 2.80 bits per heavy atom. The van der Waals surface area contributed by atoms with Crippen LogP contribution in [0.5, 0.6) is 0 Å². The van der Waals surface area contributed by atoms with Gasteiger partial charge in [0.25, 0.3) is 0 Å². The Labute approximate surface area is 120 Å². The van der Waals surface area contributed by atoms with E-state index in [1.807, 2.05) is 6.92 Å². The van der Waals surface area contributed by atoms with Gasteiger partial charge in [0.2, 0.25) is 11.8 Å². The minimum absolute atomic E-state index is 0.0153. The van der Waals surface area contributed by atoms with E-state index < -0.39 is 6.04 Å². The third-order valence-corrected chi connectivity index (χ3v) is 4.05. The number of nitrogens with zero attached hydrogens (tertiary/aromatic N) is 1. The fourth-order valence-electron chi connectivity index (χ4n) is 2.40. The minimum Gasteiger partial charge on any atom is -0.377 e. The predicted molar refractivity (Wildman–Crippen MR) is 74.9 cm³/mol. The molecule has 1 heterocycles. The van der Waals surface area contributed by atoms with Crippen molar-refractivity contribution in [3.63, 3.8) is 0 Å². The van der Waals surface area contributed by atoms with E-state index in [9.17, 15) is 9.59 Å². The summed E-state index contributed by atoms with van der Waals surface area (Å²) in [5.41, 5.74) is 5.66. The average Bonchev–Trinajstić information content (AvgIpc) is 3.28. The Bertz CT molecular complexity index is 354. The fourth-order valence-corrected chi connectivity index (χ4v) is 2.40. The van der Waals surface area contributed by atoms with E-state index in [2.05, 4.69) is 5.32 Å². The van der Waals surface area contributed by atoms with Gasteiger partial charge >= 0.3 is 0 Å². The molecule has 3 N–H and O–H groups in total. The van der Waals surface area contributed by atoms with E-state index >= 15 is 0 Å². The number of ether oxygens (including phenoxy) is 1. The Morgan fingerprint density at radius 2 is 2.20 bits per heavy atom. The first-order valence-electron chi connectivity index (χ1n) is 7.53. The van der Waals surface area contributed by atoms with Crippen LogP contribution < -0.4 is 11.1 Å². The Morgan fingerprint density at radius 1 is 1.45 bits per heavy atom. The molecular formula is C14H25N3O3. The number of carbonyl (C=O) groups excluding carboxylic acids is 2. The molecule has 0 radical (unpaired) electrons. The van der Waals surface area contributed by atoms with Crippen molar-refractivity contribution in [2.45, 2.75) is 44.7 Å². The number of hydrogen-bond donors (Lipinski definition) is 2. The molecule has 0 aromatic rings. The van der Waals surface area contributed by atoms with Crippen molar-refractivity contribution < 1.29 is 14.3 Å². The maximum atomic E-state index is 12.4. The lowest BCUT2D eigenvalue weighted by Gasteiger charge is -2.35. The summed E-state index contributed by atoms with van der Waals surface area (Å²) >= 11 is 0. The Hall–Kier alpha value is -1.14. The molecule has 1 saturated heterocycles. The van der Waals surface area contributed by atoms with Gasteiger partial charge in [-0.15, -0.1) is 0 Å². The molecule has 1 saturated carbocycles. The van der Waals surface area contributed by atoms with E-state index in [-0.39, 0.29) is 17.7 Å². The predicted octanol–water partition coefficient (Wildman–Crippen LogP) is -0.133. The lowest BCUT2D eigenvalue weighted by atomic mass is 10.0. The van der Waals surface area contributed by atoms with Crippen LogP contribution in [0, 0.1) is 5.92 Å². The highest BCUT2D eigenvalue weighted by Crippen LogP contribution is 2.20. The SMILES string of the molecule is CCC(CN)CC(=O)N1CCOCC1C(=O)NC1CC1. The van der Waals surface area contributed by atoms with Crippen LogP contribution in [0.3, 0.4) is 0 Å². The molecule has 20 heavy (non-hydrogen) atoms. The van der Waals surface area contributed by atoms with Crippen LogP contribution in [0.2, 0.25) is 0 Å². The van der Waals surface area contributed by atoms with Crippen molar-refractivity contribution in [2.75, 3.05) is 26.3 Å². The monoisotopic (exact) mass is 283 g/mol. The van der Waals surface area contributed by atoms with Crippen LogP contribution in [-0.4, -0.2) is 55.1 Å². The average molecular weight is 283 g/mol. The Kier molecular flexibility index (Phi) is 5.37. The number of morpholine rings is 1. The number of hydrogen-bond acceptors (Lipinski definition) is 4. The van der Waals surface area contributed by atoms with E-state index in [0.717, 1.165) is 19.3 Å². The topological polar surface area (TPSA) is 84.7 Å². The first kappa shape index (κ1) is 15.3. The molecular weight excluding hydrogens is 258 g/mol. The van der Waals surface area contributed by atoms with Crippen LogP contribution in [0.15, 0.2) is 0 Å². The van der Waals surface area contributed by atoms with Crippen molar-refractivity contribution in [1.29, 1.82) is 0 Å². The lowest BCUT2D eigenvalue weighted by Crippen LogP contribution is -2.56. The molecule has 2 amide bonds. The molecule has 2 rings (SSSR count). The molecule has 2 atom stereocenters. The van der Waals surface area contributed by atoms with E-state index in [1.165, 1.54) is 0 Å². The maximum Gasteiger partial charge on any atom is 0.245 e. The summed E-state index contributed by atoms with van der Waals surface area (Å²) in [6.45, 7) is 3.82. The van der Waals surface area contributed by atoms with Gasteiger partial charge in [-0.3, -0.25) is 9.59 Å². The van der Waals surface area contributed by atoms with Gasteiger partial charge in [-0.05, 0) is 25.3 Å². The number of rotatable bonds is 6. The second-order valence-electron chi connectivity index (χ2n) is 5.67. The van der Waals surface area contributed by atoms with Gasteiger partial charge in [-0.25, -0.2) is 0 Å². The van der Waals surface area contributed by atoms with Crippen LogP contribution in [0.25, 0.3) is 0 Å². The summed E-state index contributed by atoms with van der Waals surface area (Å²) < 4.78 is 5.36. The second kappa shape index (κ2) is 7.04. The maximum absolute atomic E-state index is 12.4. The van der Waals surface area contributed by atoms with E-state index in [1.54, 1.807) is 4.90 Å². The van der Waals surface area contributed by atoms with Crippen molar-refractivity contribution in [3.05, 3.63) is 0 Å². The van der Waals surface area contributed by atoms with Crippen molar-refractivity contribution in [3.8, 4) is 0 Å². The summed E-state index contributed by atoms with van der Waals surface area (Å²) in [4.78, 5) is 26.2. The Balaban J connectivity index is 1.94. The van der Waals surface area contributed by atoms with Crippen LogP contribution in [0.1, 0.15) is 32.6 Å². The fraction of sp³-hybridized carbons (Fsp3) is 0.857. The zero-order chi connectivity index (χ0) is 14.5. The summed E-state index contributed by atoms with van der Waals surface area (Å²) in [5, 5.41) is 2.95. The smallest absolute Gasteiger partial charge is 0.245 e. The van der Waals surface area contributed by atoms with Crippen LogP contribution >= 0.6 is 0 Å². The highest BCUT2D eigenvalue weighted by molar-refractivity contribution is 5.88. The van der Waals surface area contributed by atoms with Gasteiger partial charge in [0, 0.05) is 19.0 Å². The molecule has 0 aromatic heterocycles. The van der Waals surface area contributed by atoms with Crippen molar-refractivity contribution in [2.24, 2.45) is 11.7 Å². The lowest BCUT2D eigenvalue weighted by molar-refractivity contribution is -0.149. The van der Waals surface area contributed by atoms with Gasteiger partial charge in [-0.2, -0.15) is 0 Å².